The average molecular weight is 299 g/mol. The van der Waals surface area contributed by atoms with Crippen molar-refractivity contribution in [3.8, 4) is 0 Å². The van der Waals surface area contributed by atoms with Crippen molar-refractivity contribution in [2.45, 2.75) is 50.9 Å². The van der Waals surface area contributed by atoms with E-state index in [4.69, 9.17) is 0 Å². The summed E-state index contributed by atoms with van der Waals surface area (Å²) in [6.45, 7) is 0. The van der Waals surface area contributed by atoms with Crippen molar-refractivity contribution in [1.82, 2.24) is 0 Å². The van der Waals surface area contributed by atoms with Gasteiger partial charge in [-0.3, -0.25) is 0 Å². The van der Waals surface area contributed by atoms with E-state index in [2.05, 4.69) is 66.4 Å². The van der Waals surface area contributed by atoms with E-state index >= 15 is 0 Å². The predicted octanol–water partition coefficient (Wildman–Crippen LogP) is 5.14. The minimum atomic E-state index is 0.294. The van der Waals surface area contributed by atoms with Crippen LogP contribution >= 0.6 is 11.8 Å². The van der Waals surface area contributed by atoms with E-state index in [0.717, 1.165) is 10.5 Å². The van der Waals surface area contributed by atoms with Gasteiger partial charge < -0.3 is 0 Å². The lowest BCUT2D eigenvalue weighted by Gasteiger charge is -2.07. The molecule has 0 bridgehead atoms. The molecule has 4 rings (SSSR count). The maximum Gasteiger partial charge on any atom is 0.161 e. The predicted molar refractivity (Wildman–Crippen MR) is 88.7 cm³/mol. The van der Waals surface area contributed by atoms with Crippen LogP contribution in [0.3, 0.4) is 0 Å². The molecule has 0 aliphatic heterocycles. The molecule has 2 aromatic carbocycles. The molecule has 0 N–H and O–H groups in total. The van der Waals surface area contributed by atoms with Crippen LogP contribution in [0.5, 0.6) is 0 Å². The standard InChI is InChI=1S/C18H19S2/c1-2-4-16(5-3-1)20(18-12-13-18)17-10-8-15(9-11-17)19-14-6-7-14/h1-5,8-11,14,18H,6-7,12-13H2/q+1. The fourth-order valence-corrected chi connectivity index (χ4v) is 6.01. The summed E-state index contributed by atoms with van der Waals surface area (Å²) in [6.07, 6.45) is 5.61. The van der Waals surface area contributed by atoms with Crippen LogP contribution in [0.1, 0.15) is 25.7 Å². The van der Waals surface area contributed by atoms with Gasteiger partial charge in [0.1, 0.15) is 5.25 Å². The van der Waals surface area contributed by atoms with E-state index in [-0.39, 0.29) is 0 Å². The lowest BCUT2D eigenvalue weighted by Crippen LogP contribution is -2.09. The minimum Gasteiger partial charge on any atom is -0.123 e. The van der Waals surface area contributed by atoms with Crippen LogP contribution in [-0.4, -0.2) is 10.5 Å². The van der Waals surface area contributed by atoms with Gasteiger partial charge in [-0.1, -0.05) is 18.2 Å². The van der Waals surface area contributed by atoms with Crippen molar-refractivity contribution in [3.63, 3.8) is 0 Å². The van der Waals surface area contributed by atoms with Gasteiger partial charge in [0.15, 0.2) is 9.79 Å². The lowest BCUT2D eigenvalue weighted by atomic mass is 10.4. The summed E-state index contributed by atoms with van der Waals surface area (Å²) >= 11 is 2.05. The number of benzene rings is 2. The second kappa shape index (κ2) is 5.50. The summed E-state index contributed by atoms with van der Waals surface area (Å²) < 4.78 is 0. The van der Waals surface area contributed by atoms with E-state index in [1.165, 1.54) is 40.4 Å². The molecule has 0 radical (unpaired) electrons. The van der Waals surface area contributed by atoms with Crippen LogP contribution < -0.4 is 0 Å². The molecule has 2 aliphatic rings. The molecule has 2 fully saturated rings. The molecule has 0 spiro atoms. The SMILES string of the molecule is c1ccc([S+](c2ccc(SC3CC3)cc2)C2CC2)cc1. The van der Waals surface area contributed by atoms with Crippen LogP contribution in [0.25, 0.3) is 0 Å². The molecule has 1 atom stereocenters. The first-order valence-corrected chi connectivity index (χ1v) is 9.62. The maximum absolute atomic E-state index is 2.37. The number of thioether (sulfide) groups is 1. The molecular weight excluding hydrogens is 280 g/mol. The molecule has 0 amide bonds. The number of hydrogen-bond donors (Lipinski definition) is 0. The van der Waals surface area contributed by atoms with Crippen molar-refractivity contribution < 1.29 is 0 Å². The fraction of sp³-hybridized carbons (Fsp3) is 0.333. The largest absolute Gasteiger partial charge is 0.161 e. The zero-order valence-corrected chi connectivity index (χ0v) is 13.1. The Morgan fingerprint density at radius 1 is 0.750 bits per heavy atom. The van der Waals surface area contributed by atoms with E-state index < -0.39 is 0 Å². The van der Waals surface area contributed by atoms with Gasteiger partial charge in [-0.15, -0.1) is 11.8 Å². The molecule has 2 aliphatic carbocycles. The summed E-state index contributed by atoms with van der Waals surface area (Å²) in [4.78, 5) is 4.49. The summed E-state index contributed by atoms with van der Waals surface area (Å²) in [5.41, 5.74) is 0. The average Bonchev–Trinajstić information content (AvgIpc) is 3.37. The van der Waals surface area contributed by atoms with E-state index in [0.29, 0.717) is 10.9 Å². The summed E-state index contributed by atoms with van der Waals surface area (Å²) in [6, 6.07) is 20.5. The van der Waals surface area contributed by atoms with Crippen LogP contribution in [0, 0.1) is 0 Å². The van der Waals surface area contributed by atoms with Gasteiger partial charge in [0.05, 0.1) is 10.9 Å². The zero-order chi connectivity index (χ0) is 13.4. The molecule has 2 aromatic rings. The summed E-state index contributed by atoms with van der Waals surface area (Å²) in [7, 11) is 0.294. The first kappa shape index (κ1) is 12.8. The molecule has 0 nitrogen and oxygen atoms in total. The summed E-state index contributed by atoms with van der Waals surface area (Å²) in [5.74, 6) is 0. The van der Waals surface area contributed by atoms with Crippen LogP contribution in [0.15, 0.2) is 69.3 Å². The normalized spacial score (nSPS) is 19.8. The Labute approximate surface area is 128 Å². The van der Waals surface area contributed by atoms with Crippen molar-refractivity contribution in [3.05, 3.63) is 54.6 Å². The molecule has 20 heavy (non-hydrogen) atoms. The van der Waals surface area contributed by atoms with Gasteiger partial charge >= 0.3 is 0 Å². The third-order valence-corrected chi connectivity index (χ3v) is 7.81. The lowest BCUT2D eigenvalue weighted by molar-refractivity contribution is 1.28. The van der Waals surface area contributed by atoms with E-state index in [1.807, 2.05) is 0 Å². The highest BCUT2D eigenvalue weighted by Crippen LogP contribution is 2.42. The molecule has 0 heterocycles. The molecule has 102 valence electrons. The topological polar surface area (TPSA) is 0 Å². The Balaban J connectivity index is 1.59. The van der Waals surface area contributed by atoms with Crippen LogP contribution in [0.2, 0.25) is 0 Å². The highest BCUT2D eigenvalue weighted by atomic mass is 32.2. The van der Waals surface area contributed by atoms with Crippen molar-refractivity contribution in [2.24, 2.45) is 0 Å². The fourth-order valence-electron chi connectivity index (χ4n) is 2.43. The molecule has 2 saturated carbocycles. The monoisotopic (exact) mass is 299 g/mol. The van der Waals surface area contributed by atoms with Gasteiger partial charge in [0, 0.05) is 23.0 Å². The quantitative estimate of drug-likeness (QED) is 0.689. The Hall–Kier alpha value is -0.860. The van der Waals surface area contributed by atoms with E-state index in [9.17, 15) is 0 Å². The maximum atomic E-state index is 2.37. The smallest absolute Gasteiger partial charge is 0.123 e. The highest BCUT2D eigenvalue weighted by Gasteiger charge is 2.43. The molecule has 1 unspecified atom stereocenters. The zero-order valence-electron chi connectivity index (χ0n) is 11.5. The van der Waals surface area contributed by atoms with E-state index in [1.54, 1.807) is 0 Å². The Morgan fingerprint density at radius 2 is 1.40 bits per heavy atom. The van der Waals surface area contributed by atoms with Gasteiger partial charge in [-0.25, -0.2) is 0 Å². The first-order valence-electron chi connectivity index (χ1n) is 7.45. The van der Waals surface area contributed by atoms with Crippen molar-refractivity contribution >= 4 is 22.7 Å². The summed E-state index contributed by atoms with van der Waals surface area (Å²) in [5, 5.41) is 1.79. The van der Waals surface area contributed by atoms with Crippen LogP contribution in [-0.2, 0) is 10.9 Å². The number of hydrogen-bond acceptors (Lipinski definition) is 1. The molecule has 2 heteroatoms. The van der Waals surface area contributed by atoms with Crippen LogP contribution in [0.4, 0.5) is 0 Å². The highest BCUT2D eigenvalue weighted by molar-refractivity contribution is 8.00. The Kier molecular flexibility index (Phi) is 3.53. The molecule has 0 aromatic heterocycles. The molecule has 0 saturated heterocycles. The van der Waals surface area contributed by atoms with Gasteiger partial charge in [0.25, 0.3) is 0 Å². The third kappa shape index (κ3) is 2.91. The second-order valence-electron chi connectivity index (χ2n) is 5.64. The number of rotatable bonds is 5. The van der Waals surface area contributed by atoms with Gasteiger partial charge in [-0.05, 0) is 49.2 Å². The minimum absolute atomic E-state index is 0.294. The van der Waals surface area contributed by atoms with Crippen molar-refractivity contribution in [1.29, 1.82) is 0 Å². The third-order valence-electron chi connectivity index (χ3n) is 3.76. The van der Waals surface area contributed by atoms with Crippen molar-refractivity contribution in [2.75, 3.05) is 0 Å². The van der Waals surface area contributed by atoms with Gasteiger partial charge in [0.2, 0.25) is 0 Å². The van der Waals surface area contributed by atoms with Gasteiger partial charge in [-0.2, -0.15) is 0 Å². The Bertz CT molecular complexity index is 568. The first-order chi connectivity index (χ1) is 9.90. The second-order valence-corrected chi connectivity index (χ2v) is 9.30. The Morgan fingerprint density at radius 3 is 2.00 bits per heavy atom. The molecular formula is C18H19S2+.